The van der Waals surface area contributed by atoms with E-state index in [4.69, 9.17) is 10.5 Å². The highest BCUT2D eigenvalue weighted by Gasteiger charge is 2.01. The molecular weight excluding hydrogens is 194 g/mol. The molecule has 0 aromatic carbocycles. The van der Waals surface area contributed by atoms with Crippen molar-refractivity contribution in [2.75, 3.05) is 0 Å². The molecule has 0 atom stereocenters. The molecule has 0 spiro atoms. The Kier molecular flexibility index (Phi) is 2.59. The molecule has 0 saturated carbocycles. The van der Waals surface area contributed by atoms with Crippen molar-refractivity contribution in [3.05, 3.63) is 30.5 Å². The third-order valence-electron chi connectivity index (χ3n) is 1.79. The molecule has 15 heavy (non-hydrogen) atoms. The summed E-state index contributed by atoms with van der Waals surface area (Å²) in [5.74, 6) is 1.06. The molecule has 0 fully saturated rings. The van der Waals surface area contributed by atoms with Crippen LogP contribution in [0.4, 0.5) is 0 Å². The first-order valence-corrected chi connectivity index (χ1v) is 4.45. The second kappa shape index (κ2) is 4.05. The van der Waals surface area contributed by atoms with Crippen molar-refractivity contribution in [1.82, 2.24) is 19.7 Å². The third kappa shape index (κ3) is 2.29. The van der Waals surface area contributed by atoms with Crippen molar-refractivity contribution in [2.24, 2.45) is 12.8 Å². The fraction of sp³-hybridized carbons (Fsp3) is 0.222. The lowest BCUT2D eigenvalue weighted by molar-refractivity contribution is 0.458. The fourth-order valence-electron chi connectivity index (χ4n) is 1.07. The maximum absolute atomic E-state index is 5.40. The maximum atomic E-state index is 5.40. The molecule has 6 heteroatoms. The zero-order chi connectivity index (χ0) is 10.7. The molecule has 0 radical (unpaired) electrons. The van der Waals surface area contributed by atoms with Crippen LogP contribution >= 0.6 is 0 Å². The number of aryl methyl sites for hydroxylation is 1. The first-order valence-electron chi connectivity index (χ1n) is 4.45. The maximum Gasteiger partial charge on any atom is 0.238 e. The minimum absolute atomic E-state index is 0.375. The number of nitrogens with two attached hydrogens (primary N) is 1. The van der Waals surface area contributed by atoms with Gasteiger partial charge in [0.25, 0.3) is 0 Å². The zero-order valence-electron chi connectivity index (χ0n) is 8.29. The van der Waals surface area contributed by atoms with Gasteiger partial charge in [-0.25, -0.2) is 4.98 Å². The molecule has 78 valence electrons. The number of aromatic nitrogens is 4. The lowest BCUT2D eigenvalue weighted by Gasteiger charge is -2.00. The SMILES string of the molecule is Cn1cc(Oc2cnc(CN)cn2)cn1. The fourth-order valence-corrected chi connectivity index (χ4v) is 1.07. The van der Waals surface area contributed by atoms with Crippen LogP contribution in [0.5, 0.6) is 11.6 Å². The van der Waals surface area contributed by atoms with Crippen LogP contribution in [0.1, 0.15) is 5.69 Å². The molecule has 0 bridgehead atoms. The number of rotatable bonds is 3. The number of ether oxygens (including phenoxy) is 1. The number of nitrogens with zero attached hydrogens (tertiary/aromatic N) is 4. The highest BCUT2D eigenvalue weighted by molar-refractivity contribution is 5.19. The van der Waals surface area contributed by atoms with Gasteiger partial charge in [0.1, 0.15) is 0 Å². The lowest BCUT2D eigenvalue weighted by atomic mass is 10.5. The first-order chi connectivity index (χ1) is 7.28. The lowest BCUT2D eigenvalue weighted by Crippen LogP contribution is -2.00. The van der Waals surface area contributed by atoms with E-state index in [0.717, 1.165) is 5.69 Å². The van der Waals surface area contributed by atoms with Crippen LogP contribution in [0.2, 0.25) is 0 Å². The molecular formula is C9H11N5O. The van der Waals surface area contributed by atoms with E-state index < -0.39 is 0 Å². The van der Waals surface area contributed by atoms with Crippen LogP contribution in [0.15, 0.2) is 24.8 Å². The first kappa shape index (κ1) is 9.60. The van der Waals surface area contributed by atoms with E-state index in [0.29, 0.717) is 18.2 Å². The normalized spacial score (nSPS) is 10.3. The van der Waals surface area contributed by atoms with Crippen LogP contribution in [-0.2, 0) is 13.6 Å². The van der Waals surface area contributed by atoms with Gasteiger partial charge in [0.2, 0.25) is 5.88 Å². The van der Waals surface area contributed by atoms with E-state index in [-0.39, 0.29) is 0 Å². The summed E-state index contributed by atoms with van der Waals surface area (Å²) in [6, 6.07) is 0. The molecule has 2 rings (SSSR count). The average molecular weight is 205 g/mol. The van der Waals surface area contributed by atoms with Crippen LogP contribution in [0, 0.1) is 0 Å². The average Bonchev–Trinajstić information content (AvgIpc) is 2.65. The van der Waals surface area contributed by atoms with Crippen molar-refractivity contribution < 1.29 is 4.74 Å². The van der Waals surface area contributed by atoms with Gasteiger partial charge in [0.15, 0.2) is 5.75 Å². The van der Waals surface area contributed by atoms with Crippen LogP contribution in [0.25, 0.3) is 0 Å². The summed E-state index contributed by atoms with van der Waals surface area (Å²) < 4.78 is 7.05. The van der Waals surface area contributed by atoms with Gasteiger partial charge in [-0.3, -0.25) is 9.67 Å². The molecule has 0 aliphatic rings. The van der Waals surface area contributed by atoms with Gasteiger partial charge in [0, 0.05) is 13.6 Å². The van der Waals surface area contributed by atoms with Crippen LogP contribution < -0.4 is 10.5 Å². The topological polar surface area (TPSA) is 78.9 Å². The van der Waals surface area contributed by atoms with Crippen molar-refractivity contribution >= 4 is 0 Å². The second-order valence-electron chi connectivity index (χ2n) is 3.00. The van der Waals surface area contributed by atoms with Crippen LogP contribution in [0.3, 0.4) is 0 Å². The smallest absolute Gasteiger partial charge is 0.238 e. The van der Waals surface area contributed by atoms with Crippen LogP contribution in [-0.4, -0.2) is 19.7 Å². The molecule has 2 aromatic heterocycles. The van der Waals surface area contributed by atoms with E-state index in [2.05, 4.69) is 15.1 Å². The Balaban J connectivity index is 2.11. The molecule has 2 aromatic rings. The second-order valence-corrected chi connectivity index (χ2v) is 3.00. The Morgan fingerprint density at radius 3 is 2.73 bits per heavy atom. The predicted molar refractivity (Wildman–Crippen MR) is 53.2 cm³/mol. The molecule has 0 aliphatic heterocycles. The highest BCUT2D eigenvalue weighted by atomic mass is 16.5. The van der Waals surface area contributed by atoms with Crippen molar-refractivity contribution in [3.8, 4) is 11.6 Å². The van der Waals surface area contributed by atoms with E-state index in [1.165, 1.54) is 6.20 Å². The molecule has 0 saturated heterocycles. The number of hydrogen-bond acceptors (Lipinski definition) is 5. The van der Waals surface area contributed by atoms with E-state index in [1.807, 2.05) is 7.05 Å². The third-order valence-corrected chi connectivity index (χ3v) is 1.79. The van der Waals surface area contributed by atoms with Gasteiger partial charge in [-0.2, -0.15) is 5.10 Å². The quantitative estimate of drug-likeness (QED) is 0.787. The summed E-state index contributed by atoms with van der Waals surface area (Å²) in [4.78, 5) is 8.11. The molecule has 0 unspecified atom stereocenters. The summed E-state index contributed by atoms with van der Waals surface area (Å²) in [5, 5.41) is 3.97. The summed E-state index contributed by atoms with van der Waals surface area (Å²) in [6.45, 7) is 0.375. The molecule has 0 aliphatic carbocycles. The van der Waals surface area contributed by atoms with Gasteiger partial charge in [-0.05, 0) is 0 Å². The Bertz CT molecular complexity index is 436. The van der Waals surface area contributed by atoms with Crippen molar-refractivity contribution in [2.45, 2.75) is 6.54 Å². The van der Waals surface area contributed by atoms with Gasteiger partial charge < -0.3 is 10.5 Å². The van der Waals surface area contributed by atoms with Gasteiger partial charge >= 0.3 is 0 Å². The van der Waals surface area contributed by atoms with Crippen molar-refractivity contribution in [1.29, 1.82) is 0 Å². The van der Waals surface area contributed by atoms with E-state index >= 15 is 0 Å². The number of hydrogen-bond donors (Lipinski definition) is 1. The molecule has 2 N–H and O–H groups in total. The predicted octanol–water partition coefficient (Wildman–Crippen LogP) is 0.461. The molecule has 0 amide bonds. The van der Waals surface area contributed by atoms with Crippen molar-refractivity contribution in [3.63, 3.8) is 0 Å². The van der Waals surface area contributed by atoms with E-state index in [1.54, 1.807) is 23.3 Å². The monoisotopic (exact) mass is 205 g/mol. The Labute approximate surface area is 86.7 Å². The van der Waals surface area contributed by atoms with Gasteiger partial charge in [0.05, 0.1) is 30.5 Å². The van der Waals surface area contributed by atoms with E-state index in [9.17, 15) is 0 Å². The highest BCUT2D eigenvalue weighted by Crippen LogP contribution is 2.16. The summed E-state index contributed by atoms with van der Waals surface area (Å²) in [7, 11) is 1.82. The minimum atomic E-state index is 0.375. The summed E-state index contributed by atoms with van der Waals surface area (Å²) in [5.41, 5.74) is 6.13. The molecule has 6 nitrogen and oxygen atoms in total. The Hall–Kier alpha value is -1.95. The zero-order valence-corrected chi connectivity index (χ0v) is 8.29. The Morgan fingerprint density at radius 1 is 1.33 bits per heavy atom. The Morgan fingerprint density at radius 2 is 2.20 bits per heavy atom. The minimum Gasteiger partial charge on any atom is -0.434 e. The van der Waals surface area contributed by atoms with Gasteiger partial charge in [-0.1, -0.05) is 0 Å². The molecule has 2 heterocycles. The van der Waals surface area contributed by atoms with Gasteiger partial charge in [-0.15, -0.1) is 0 Å². The summed E-state index contributed by atoms with van der Waals surface area (Å²) >= 11 is 0. The largest absolute Gasteiger partial charge is 0.434 e. The summed E-state index contributed by atoms with van der Waals surface area (Å²) in [6.07, 6.45) is 6.48. The standard InChI is InChI=1S/C9H11N5O/c1-14-6-8(4-13-14)15-9-5-11-7(2-10)3-12-9/h3-6H,2,10H2,1H3.